The van der Waals surface area contributed by atoms with Crippen molar-refractivity contribution in [1.82, 2.24) is 9.55 Å². The molecule has 0 aliphatic rings. The highest BCUT2D eigenvalue weighted by atomic mass is 32.2. The van der Waals surface area contributed by atoms with Crippen molar-refractivity contribution in [2.75, 3.05) is 11.1 Å². The normalized spacial score (nSPS) is 11.9. The Labute approximate surface area is 184 Å². The minimum atomic E-state index is -0.510. The molecule has 0 spiro atoms. The third kappa shape index (κ3) is 4.46. The number of carbonyl (C=O) groups is 1. The lowest BCUT2D eigenvalue weighted by molar-refractivity contribution is -0.115. The first-order valence-corrected chi connectivity index (χ1v) is 10.7. The van der Waals surface area contributed by atoms with Crippen LogP contribution >= 0.6 is 11.8 Å². The highest BCUT2D eigenvalue weighted by Gasteiger charge is 2.20. The Balaban J connectivity index is 1.63. The maximum absolute atomic E-state index is 13.0. The van der Waals surface area contributed by atoms with Crippen LogP contribution in [-0.2, 0) is 4.79 Å². The van der Waals surface area contributed by atoms with E-state index in [1.807, 2.05) is 73.7 Å². The van der Waals surface area contributed by atoms with Crippen LogP contribution < -0.4 is 16.6 Å². The average molecular weight is 431 g/mol. The average Bonchev–Trinajstić information content (AvgIpc) is 2.73. The number of nitrogens with one attached hydrogen (secondary N) is 1. The third-order valence-corrected chi connectivity index (χ3v) is 5.94. The molecule has 6 nitrogen and oxygen atoms in total. The number of benzene rings is 3. The topological polar surface area (TPSA) is 90.0 Å². The highest BCUT2D eigenvalue weighted by Crippen LogP contribution is 2.28. The predicted molar refractivity (Wildman–Crippen MR) is 127 cm³/mol. The number of hydrogen-bond donors (Lipinski definition) is 2. The quantitative estimate of drug-likeness (QED) is 0.362. The Bertz CT molecular complexity index is 1330. The van der Waals surface area contributed by atoms with E-state index in [1.165, 1.54) is 17.8 Å². The van der Waals surface area contributed by atoms with Crippen molar-refractivity contribution in [3.05, 3.63) is 88.7 Å². The Kier molecular flexibility index (Phi) is 5.77. The molecule has 1 heterocycles. The summed E-state index contributed by atoms with van der Waals surface area (Å²) in [5, 5.41) is 4.87. The number of nitrogens with zero attached hydrogens (tertiary/aromatic N) is 2. The number of fused-ring (bicyclic) bond motifs is 1. The summed E-state index contributed by atoms with van der Waals surface area (Å²) < 4.78 is 1.70. The second-order valence-corrected chi connectivity index (χ2v) is 8.56. The van der Waals surface area contributed by atoms with Gasteiger partial charge in [-0.2, -0.15) is 4.98 Å². The van der Waals surface area contributed by atoms with Crippen molar-refractivity contribution in [2.24, 2.45) is 0 Å². The van der Waals surface area contributed by atoms with Crippen LogP contribution in [0.2, 0.25) is 0 Å². The number of aromatic nitrogens is 2. The van der Waals surface area contributed by atoms with Gasteiger partial charge in [0.05, 0.1) is 5.25 Å². The van der Waals surface area contributed by atoms with Gasteiger partial charge in [0.1, 0.15) is 5.82 Å². The molecule has 4 aromatic rings. The first-order valence-electron chi connectivity index (χ1n) is 9.84. The molecular formula is C24H22N4O2S. The molecule has 0 radical (unpaired) electrons. The van der Waals surface area contributed by atoms with E-state index >= 15 is 0 Å². The number of thioether (sulfide) groups is 1. The summed E-state index contributed by atoms with van der Waals surface area (Å²) in [5.41, 5.74) is 8.29. The molecule has 0 saturated carbocycles. The van der Waals surface area contributed by atoms with Crippen molar-refractivity contribution in [3.63, 3.8) is 0 Å². The van der Waals surface area contributed by atoms with Crippen LogP contribution in [0.1, 0.15) is 12.5 Å². The van der Waals surface area contributed by atoms with Gasteiger partial charge in [0, 0.05) is 22.8 Å². The SMILES string of the molecule is Cc1cccc(-n2c(N)cc(=O)nc2SC(C)C(=O)Nc2cccc3ccccc23)c1. The highest BCUT2D eigenvalue weighted by molar-refractivity contribution is 8.00. The van der Waals surface area contributed by atoms with Gasteiger partial charge < -0.3 is 11.1 Å². The van der Waals surface area contributed by atoms with E-state index in [0.717, 1.165) is 27.7 Å². The van der Waals surface area contributed by atoms with Gasteiger partial charge in [-0.1, -0.05) is 60.3 Å². The lowest BCUT2D eigenvalue weighted by Crippen LogP contribution is -2.24. The fraction of sp³-hybridized carbons (Fsp3) is 0.125. The van der Waals surface area contributed by atoms with Gasteiger partial charge in [-0.25, -0.2) is 0 Å². The van der Waals surface area contributed by atoms with Crippen LogP contribution in [0.15, 0.2) is 82.7 Å². The van der Waals surface area contributed by atoms with Gasteiger partial charge in [-0.3, -0.25) is 14.2 Å². The zero-order valence-electron chi connectivity index (χ0n) is 17.2. The van der Waals surface area contributed by atoms with Crippen molar-refractivity contribution < 1.29 is 4.79 Å². The Morgan fingerprint density at radius 3 is 2.61 bits per heavy atom. The molecule has 3 N–H and O–H groups in total. The third-order valence-electron chi connectivity index (χ3n) is 4.89. The molecular weight excluding hydrogens is 408 g/mol. The minimum absolute atomic E-state index is 0.186. The van der Waals surface area contributed by atoms with Gasteiger partial charge in [-0.05, 0) is 43.0 Å². The van der Waals surface area contributed by atoms with Gasteiger partial charge in [-0.15, -0.1) is 0 Å². The summed E-state index contributed by atoms with van der Waals surface area (Å²) in [4.78, 5) is 29.1. The Morgan fingerprint density at radius 1 is 1.06 bits per heavy atom. The standard InChI is InChI=1S/C24H22N4O2S/c1-15-7-5-10-18(13-15)28-21(25)14-22(29)27-24(28)31-16(2)23(30)26-20-12-6-9-17-8-3-4-11-19(17)20/h3-14,16H,25H2,1-2H3,(H,26,30). The van der Waals surface area contributed by atoms with Crippen LogP contribution in [0, 0.1) is 6.92 Å². The second-order valence-electron chi connectivity index (χ2n) is 7.25. The molecule has 1 atom stereocenters. The smallest absolute Gasteiger partial charge is 0.275 e. The van der Waals surface area contributed by atoms with Crippen molar-refractivity contribution in [3.8, 4) is 5.69 Å². The summed E-state index contributed by atoms with van der Waals surface area (Å²) in [5.74, 6) is 0.0866. The molecule has 1 unspecified atom stereocenters. The summed E-state index contributed by atoms with van der Waals surface area (Å²) in [6, 6.07) is 22.7. The van der Waals surface area contributed by atoms with Crippen LogP contribution in [-0.4, -0.2) is 20.7 Å². The van der Waals surface area contributed by atoms with Gasteiger partial charge in [0.25, 0.3) is 5.56 Å². The largest absolute Gasteiger partial charge is 0.385 e. The van der Waals surface area contributed by atoms with E-state index in [9.17, 15) is 9.59 Å². The summed E-state index contributed by atoms with van der Waals surface area (Å²) >= 11 is 1.19. The molecule has 156 valence electrons. The van der Waals surface area contributed by atoms with Crippen LogP contribution in [0.4, 0.5) is 11.5 Å². The molecule has 3 aromatic carbocycles. The van der Waals surface area contributed by atoms with E-state index in [4.69, 9.17) is 5.73 Å². The van der Waals surface area contributed by atoms with Gasteiger partial charge in [0.15, 0.2) is 5.16 Å². The number of nitrogen functional groups attached to an aromatic ring is 1. The van der Waals surface area contributed by atoms with Crippen LogP contribution in [0.5, 0.6) is 0 Å². The first-order chi connectivity index (χ1) is 14.9. The maximum atomic E-state index is 13.0. The van der Waals surface area contributed by atoms with Gasteiger partial charge in [0.2, 0.25) is 5.91 Å². The molecule has 1 aromatic heterocycles. The molecule has 0 fully saturated rings. The zero-order valence-corrected chi connectivity index (χ0v) is 18.0. The van der Waals surface area contributed by atoms with E-state index in [1.54, 1.807) is 11.5 Å². The molecule has 0 saturated heterocycles. The molecule has 0 aliphatic heterocycles. The van der Waals surface area contributed by atoms with Crippen LogP contribution in [0.3, 0.4) is 0 Å². The minimum Gasteiger partial charge on any atom is -0.385 e. The monoisotopic (exact) mass is 430 g/mol. The second kappa shape index (κ2) is 8.65. The molecule has 0 bridgehead atoms. The van der Waals surface area contributed by atoms with Crippen LogP contribution in [0.25, 0.3) is 16.5 Å². The number of rotatable bonds is 5. The van der Waals surface area contributed by atoms with Gasteiger partial charge >= 0.3 is 0 Å². The number of anilines is 2. The summed E-state index contributed by atoms with van der Waals surface area (Å²) in [7, 11) is 0. The first kappa shape index (κ1) is 20.7. The number of nitrogens with two attached hydrogens (primary N) is 1. The summed E-state index contributed by atoms with van der Waals surface area (Å²) in [6.45, 7) is 3.75. The number of hydrogen-bond acceptors (Lipinski definition) is 5. The number of carbonyl (C=O) groups excluding carboxylic acids is 1. The van der Waals surface area contributed by atoms with E-state index < -0.39 is 10.8 Å². The predicted octanol–water partition coefficient (Wildman–Crippen LogP) is 4.40. The van der Waals surface area contributed by atoms with Crippen molar-refractivity contribution in [2.45, 2.75) is 24.3 Å². The van der Waals surface area contributed by atoms with Crippen molar-refractivity contribution >= 4 is 39.9 Å². The number of amides is 1. The molecule has 0 aliphatic carbocycles. The Hall–Kier alpha value is -3.58. The van der Waals surface area contributed by atoms with Crippen molar-refractivity contribution in [1.29, 1.82) is 0 Å². The molecule has 31 heavy (non-hydrogen) atoms. The van der Waals surface area contributed by atoms with E-state index in [2.05, 4.69) is 10.3 Å². The fourth-order valence-corrected chi connectivity index (χ4v) is 4.31. The Morgan fingerprint density at radius 2 is 1.81 bits per heavy atom. The molecule has 4 rings (SSSR count). The molecule has 1 amide bonds. The lowest BCUT2D eigenvalue weighted by Gasteiger charge is -2.18. The van der Waals surface area contributed by atoms with E-state index in [0.29, 0.717) is 5.16 Å². The zero-order chi connectivity index (χ0) is 22.0. The molecule has 7 heteroatoms. The number of aryl methyl sites for hydroxylation is 1. The lowest BCUT2D eigenvalue weighted by atomic mass is 10.1. The fourth-order valence-electron chi connectivity index (χ4n) is 3.36. The summed E-state index contributed by atoms with van der Waals surface area (Å²) in [6.07, 6.45) is 0. The van der Waals surface area contributed by atoms with E-state index in [-0.39, 0.29) is 11.7 Å². The maximum Gasteiger partial charge on any atom is 0.275 e.